The van der Waals surface area contributed by atoms with Crippen LogP contribution in [0.2, 0.25) is 0 Å². The Balaban J connectivity index is 1.64. The van der Waals surface area contributed by atoms with Gasteiger partial charge in [0.2, 0.25) is 0 Å². The molecule has 0 aliphatic carbocycles. The van der Waals surface area contributed by atoms with E-state index in [4.69, 9.17) is 4.74 Å². The van der Waals surface area contributed by atoms with Crippen molar-refractivity contribution in [3.8, 4) is 11.5 Å². The molecule has 0 bridgehead atoms. The first-order chi connectivity index (χ1) is 16.5. The van der Waals surface area contributed by atoms with E-state index < -0.39 is 11.6 Å². The van der Waals surface area contributed by atoms with Crippen LogP contribution in [0.4, 0.5) is 4.79 Å². The number of ether oxygens (including phenoxy) is 1. The predicted molar refractivity (Wildman–Crippen MR) is 134 cm³/mol. The van der Waals surface area contributed by atoms with Crippen molar-refractivity contribution in [2.75, 3.05) is 20.2 Å². The number of carbonyl (C=O) groups is 2. The highest BCUT2D eigenvalue weighted by Gasteiger charge is 2.60. The van der Waals surface area contributed by atoms with Crippen LogP contribution in [0.5, 0.6) is 11.5 Å². The maximum Gasteiger partial charge on any atom is 0.328 e. The van der Waals surface area contributed by atoms with Gasteiger partial charge in [-0.2, -0.15) is 0 Å². The van der Waals surface area contributed by atoms with Gasteiger partial charge in [0, 0.05) is 41.6 Å². The zero-order chi connectivity index (χ0) is 25.1. The zero-order valence-electron chi connectivity index (χ0n) is 20.8. The van der Waals surface area contributed by atoms with E-state index in [0.29, 0.717) is 13.0 Å². The minimum absolute atomic E-state index is 0.110. The van der Waals surface area contributed by atoms with Crippen LogP contribution in [0.25, 0.3) is 10.9 Å². The van der Waals surface area contributed by atoms with E-state index in [-0.39, 0.29) is 29.8 Å². The van der Waals surface area contributed by atoms with Gasteiger partial charge in [0.15, 0.2) is 0 Å². The monoisotopic (exact) mass is 476 g/mol. The second-order valence-corrected chi connectivity index (χ2v) is 10.7. The SMILES string of the molecule is COc1ccc2[nH]c3c(c2c1)C[C@@]1(C)C(=O)N(CCNC(C)(C)C)C(=O)N1[C@@H]3c1cccc(O)c1. The number of imide groups is 1. The van der Waals surface area contributed by atoms with Gasteiger partial charge in [0.1, 0.15) is 23.1 Å². The minimum atomic E-state index is -1.06. The number of aromatic hydroxyl groups is 1. The fourth-order valence-electron chi connectivity index (χ4n) is 5.40. The number of H-pyrrole nitrogens is 1. The van der Waals surface area contributed by atoms with Gasteiger partial charge in [-0.15, -0.1) is 0 Å². The quantitative estimate of drug-likeness (QED) is 0.485. The van der Waals surface area contributed by atoms with Crippen LogP contribution in [0.1, 0.15) is 50.6 Å². The van der Waals surface area contributed by atoms with Crippen molar-refractivity contribution in [2.24, 2.45) is 0 Å². The highest BCUT2D eigenvalue weighted by atomic mass is 16.5. The van der Waals surface area contributed by atoms with Gasteiger partial charge in [-0.05, 0) is 69.2 Å². The summed E-state index contributed by atoms with van der Waals surface area (Å²) in [6.07, 6.45) is 0.387. The van der Waals surface area contributed by atoms with Crippen molar-refractivity contribution >= 4 is 22.8 Å². The maximum atomic E-state index is 13.8. The molecule has 0 saturated carbocycles. The van der Waals surface area contributed by atoms with Crippen molar-refractivity contribution in [3.05, 3.63) is 59.3 Å². The van der Waals surface area contributed by atoms with E-state index >= 15 is 0 Å². The number of hydrogen-bond acceptors (Lipinski definition) is 5. The fourth-order valence-corrected chi connectivity index (χ4v) is 5.40. The molecule has 5 rings (SSSR count). The molecule has 8 nitrogen and oxygen atoms in total. The first-order valence-corrected chi connectivity index (χ1v) is 11.9. The third-order valence-corrected chi connectivity index (χ3v) is 7.05. The summed E-state index contributed by atoms with van der Waals surface area (Å²) in [5.74, 6) is 0.633. The second kappa shape index (κ2) is 8.02. The summed E-state index contributed by atoms with van der Waals surface area (Å²) in [6.45, 7) is 8.80. The van der Waals surface area contributed by atoms with Crippen molar-refractivity contribution in [1.29, 1.82) is 0 Å². The molecule has 1 aromatic heterocycles. The van der Waals surface area contributed by atoms with Crippen LogP contribution < -0.4 is 10.1 Å². The summed E-state index contributed by atoms with van der Waals surface area (Å²) < 4.78 is 5.46. The van der Waals surface area contributed by atoms with Crippen molar-refractivity contribution < 1.29 is 19.4 Å². The average molecular weight is 477 g/mol. The number of fused-ring (bicyclic) bond motifs is 4. The molecular formula is C27H32N4O4. The lowest BCUT2D eigenvalue weighted by Crippen LogP contribution is -2.53. The number of benzene rings is 2. The predicted octanol–water partition coefficient (Wildman–Crippen LogP) is 3.94. The van der Waals surface area contributed by atoms with Crippen molar-refractivity contribution in [2.45, 2.75) is 51.2 Å². The number of rotatable bonds is 5. The van der Waals surface area contributed by atoms with Gasteiger partial charge in [0.25, 0.3) is 5.91 Å². The Morgan fingerprint density at radius 3 is 2.66 bits per heavy atom. The highest BCUT2D eigenvalue weighted by Crippen LogP contribution is 2.49. The molecule has 3 amide bonds. The Labute approximate surface area is 204 Å². The number of aromatic amines is 1. The lowest BCUT2D eigenvalue weighted by atomic mass is 9.81. The molecule has 1 saturated heterocycles. The molecule has 0 radical (unpaired) electrons. The standard InChI is InChI=1S/C27H32N4O4/c1-26(2,3)28-11-12-30-24(33)27(4)15-20-19-14-18(35-5)9-10-21(19)29-22(20)23(31(27)25(30)34)16-7-6-8-17(32)13-16/h6-10,13-14,23,28-29,32H,11-12,15H2,1-5H3/t23-,27+/m1/s1. The molecular weight excluding hydrogens is 444 g/mol. The summed E-state index contributed by atoms with van der Waals surface area (Å²) >= 11 is 0. The van der Waals surface area contributed by atoms with Crippen molar-refractivity contribution in [1.82, 2.24) is 20.1 Å². The van der Waals surface area contributed by atoms with Gasteiger partial charge < -0.3 is 20.1 Å². The van der Waals surface area contributed by atoms with Crippen LogP contribution >= 0.6 is 0 Å². The maximum absolute atomic E-state index is 13.8. The fraction of sp³-hybridized carbons (Fsp3) is 0.407. The van der Waals surface area contributed by atoms with Crippen LogP contribution in [0, 0.1) is 0 Å². The lowest BCUT2D eigenvalue weighted by Gasteiger charge is -2.42. The molecule has 2 atom stereocenters. The number of carbonyl (C=O) groups excluding carboxylic acids is 2. The number of aromatic nitrogens is 1. The van der Waals surface area contributed by atoms with Crippen LogP contribution in [-0.2, 0) is 11.2 Å². The molecule has 2 aliphatic heterocycles. The summed E-state index contributed by atoms with van der Waals surface area (Å²) in [4.78, 5) is 34.2. The number of amides is 3. The smallest absolute Gasteiger partial charge is 0.328 e. The van der Waals surface area contributed by atoms with E-state index in [1.807, 2.05) is 31.2 Å². The van der Waals surface area contributed by atoms with Gasteiger partial charge >= 0.3 is 6.03 Å². The van der Waals surface area contributed by atoms with Crippen LogP contribution in [0.15, 0.2) is 42.5 Å². The van der Waals surface area contributed by atoms with E-state index in [2.05, 4.69) is 31.1 Å². The molecule has 0 spiro atoms. The summed E-state index contributed by atoms with van der Waals surface area (Å²) in [6, 6.07) is 11.8. The molecule has 3 N–H and O–H groups in total. The topological polar surface area (TPSA) is 97.9 Å². The lowest BCUT2D eigenvalue weighted by molar-refractivity contribution is -0.133. The van der Waals surface area contributed by atoms with E-state index in [0.717, 1.165) is 33.5 Å². The van der Waals surface area contributed by atoms with E-state index in [9.17, 15) is 14.7 Å². The number of nitrogens with zero attached hydrogens (tertiary/aromatic N) is 2. The second-order valence-electron chi connectivity index (χ2n) is 10.7. The molecule has 8 heteroatoms. The zero-order valence-corrected chi connectivity index (χ0v) is 20.8. The van der Waals surface area contributed by atoms with Gasteiger partial charge in [0.05, 0.1) is 7.11 Å². The van der Waals surface area contributed by atoms with Crippen LogP contribution in [-0.4, -0.2) is 63.1 Å². The molecule has 3 aromatic rings. The van der Waals surface area contributed by atoms with Gasteiger partial charge in [-0.3, -0.25) is 14.6 Å². The molecule has 2 aromatic carbocycles. The number of nitrogens with one attached hydrogen (secondary N) is 2. The Bertz CT molecular complexity index is 1320. The first-order valence-electron chi connectivity index (χ1n) is 11.9. The minimum Gasteiger partial charge on any atom is -0.508 e. The number of methoxy groups -OCH3 is 1. The molecule has 35 heavy (non-hydrogen) atoms. The van der Waals surface area contributed by atoms with Gasteiger partial charge in [-0.25, -0.2) is 4.79 Å². The number of hydrogen-bond donors (Lipinski definition) is 3. The summed E-state index contributed by atoms with van der Waals surface area (Å²) in [5.41, 5.74) is 2.32. The van der Waals surface area contributed by atoms with Crippen molar-refractivity contribution in [3.63, 3.8) is 0 Å². The number of urea groups is 1. The Morgan fingerprint density at radius 2 is 1.97 bits per heavy atom. The van der Waals surface area contributed by atoms with E-state index in [1.165, 1.54) is 4.90 Å². The highest BCUT2D eigenvalue weighted by molar-refractivity contribution is 6.08. The molecule has 184 valence electrons. The van der Waals surface area contributed by atoms with Crippen LogP contribution in [0.3, 0.4) is 0 Å². The average Bonchev–Trinajstić information content (AvgIpc) is 3.24. The third kappa shape index (κ3) is 3.72. The molecule has 3 heterocycles. The number of phenolic OH excluding ortho intramolecular Hbond substituents is 1. The molecule has 0 unspecified atom stereocenters. The Morgan fingerprint density at radius 1 is 1.20 bits per heavy atom. The molecule has 1 fully saturated rings. The number of phenols is 1. The van der Waals surface area contributed by atoms with Gasteiger partial charge in [-0.1, -0.05) is 12.1 Å². The normalized spacial score (nSPS) is 22.0. The largest absolute Gasteiger partial charge is 0.508 e. The Hall–Kier alpha value is -3.52. The Kier molecular flexibility index (Phi) is 5.32. The third-order valence-electron chi connectivity index (χ3n) is 7.05. The summed E-state index contributed by atoms with van der Waals surface area (Å²) in [7, 11) is 1.63. The first kappa shape index (κ1) is 23.2. The molecule has 2 aliphatic rings. The summed E-state index contributed by atoms with van der Waals surface area (Å²) in [5, 5.41) is 14.6. The van der Waals surface area contributed by atoms with E-state index in [1.54, 1.807) is 30.2 Å².